The minimum Gasteiger partial charge on any atom is -0.368 e. The lowest BCUT2D eigenvalue weighted by molar-refractivity contribution is -0.129. The number of nitrogens with one attached hydrogen (secondary N) is 2. The van der Waals surface area contributed by atoms with E-state index in [4.69, 9.17) is 5.73 Å². The number of rotatable bonds is 9. The first kappa shape index (κ1) is 18.4. The van der Waals surface area contributed by atoms with Crippen molar-refractivity contribution < 1.29 is 14.4 Å². The fraction of sp³-hybridized carbons (Fsp3) is 0.353. The molecule has 1 rings (SSSR count). The number of nitrogens with two attached hydrogens (primary N) is 1. The summed E-state index contributed by atoms with van der Waals surface area (Å²) in [7, 11) is 0. The Labute approximate surface area is 136 Å². The molecule has 0 radical (unpaired) electrons. The zero-order valence-corrected chi connectivity index (χ0v) is 13.2. The third-order valence-electron chi connectivity index (χ3n) is 3.34. The second kappa shape index (κ2) is 9.40. The highest BCUT2D eigenvalue weighted by molar-refractivity contribution is 5.88. The van der Waals surface area contributed by atoms with E-state index in [1.807, 2.05) is 37.3 Å². The molecule has 0 bridgehead atoms. The van der Waals surface area contributed by atoms with E-state index in [0.717, 1.165) is 5.56 Å². The largest absolute Gasteiger partial charge is 0.368 e. The van der Waals surface area contributed by atoms with Gasteiger partial charge < -0.3 is 16.4 Å². The van der Waals surface area contributed by atoms with Gasteiger partial charge in [-0.2, -0.15) is 0 Å². The van der Waals surface area contributed by atoms with Crippen LogP contribution in [0.5, 0.6) is 0 Å². The zero-order chi connectivity index (χ0) is 17.2. The van der Waals surface area contributed by atoms with Gasteiger partial charge >= 0.3 is 0 Å². The Kier molecular flexibility index (Phi) is 7.53. The minimum atomic E-state index is -0.786. The van der Waals surface area contributed by atoms with Gasteiger partial charge in [-0.15, -0.1) is 6.58 Å². The quantitative estimate of drug-likeness (QED) is 0.596. The molecule has 124 valence electrons. The van der Waals surface area contributed by atoms with E-state index < -0.39 is 17.9 Å². The second-order valence-corrected chi connectivity index (χ2v) is 5.25. The second-order valence-electron chi connectivity index (χ2n) is 5.25. The van der Waals surface area contributed by atoms with Crippen molar-refractivity contribution in [3.8, 4) is 0 Å². The Morgan fingerprint density at radius 1 is 1.13 bits per heavy atom. The van der Waals surface area contributed by atoms with Gasteiger partial charge in [-0.3, -0.25) is 14.4 Å². The van der Waals surface area contributed by atoms with Crippen LogP contribution in [0, 0.1) is 0 Å². The SMILES string of the molecule is C=CC[C@H](NC(=O)CCC(=O)N[C@H](C)c1ccccc1)C(N)=O. The van der Waals surface area contributed by atoms with Crippen LogP contribution in [0.25, 0.3) is 0 Å². The molecule has 0 aliphatic carbocycles. The number of amides is 3. The van der Waals surface area contributed by atoms with Crippen LogP contribution in [0.4, 0.5) is 0 Å². The molecule has 0 saturated heterocycles. The van der Waals surface area contributed by atoms with Gasteiger partial charge in [0.05, 0.1) is 6.04 Å². The van der Waals surface area contributed by atoms with E-state index in [9.17, 15) is 14.4 Å². The van der Waals surface area contributed by atoms with Gasteiger partial charge in [0.25, 0.3) is 0 Å². The Morgan fingerprint density at radius 3 is 2.22 bits per heavy atom. The summed E-state index contributed by atoms with van der Waals surface area (Å²) in [6.07, 6.45) is 1.80. The van der Waals surface area contributed by atoms with Crippen LogP contribution in [0.3, 0.4) is 0 Å². The molecular formula is C17H23N3O3. The standard InChI is InChI=1S/C17H23N3O3/c1-3-7-14(17(18)23)20-16(22)11-10-15(21)19-12(2)13-8-5-4-6-9-13/h3-6,8-9,12,14H,1,7,10-11H2,2H3,(H2,18,23)(H,19,21)(H,20,22)/t12-,14+/m1/s1. The lowest BCUT2D eigenvalue weighted by Gasteiger charge is -2.15. The molecule has 4 N–H and O–H groups in total. The van der Waals surface area contributed by atoms with Crippen molar-refractivity contribution in [1.82, 2.24) is 10.6 Å². The molecule has 0 unspecified atom stereocenters. The summed E-state index contributed by atoms with van der Waals surface area (Å²) in [4.78, 5) is 34.8. The van der Waals surface area contributed by atoms with Gasteiger partial charge in [-0.25, -0.2) is 0 Å². The Balaban J connectivity index is 2.39. The van der Waals surface area contributed by atoms with Crippen LogP contribution in [0.1, 0.15) is 37.8 Å². The number of carbonyl (C=O) groups is 3. The first-order valence-electron chi connectivity index (χ1n) is 7.48. The number of benzene rings is 1. The molecule has 6 nitrogen and oxygen atoms in total. The highest BCUT2D eigenvalue weighted by Gasteiger charge is 2.17. The van der Waals surface area contributed by atoms with E-state index in [0.29, 0.717) is 0 Å². The first-order chi connectivity index (χ1) is 10.9. The summed E-state index contributed by atoms with van der Waals surface area (Å²) in [5.41, 5.74) is 6.17. The van der Waals surface area contributed by atoms with Crippen LogP contribution in [0.15, 0.2) is 43.0 Å². The molecule has 0 aromatic heterocycles. The minimum absolute atomic E-state index is 0.00569. The summed E-state index contributed by atoms with van der Waals surface area (Å²) < 4.78 is 0. The van der Waals surface area contributed by atoms with E-state index in [-0.39, 0.29) is 31.2 Å². The number of hydrogen-bond donors (Lipinski definition) is 3. The molecule has 0 fully saturated rings. The summed E-state index contributed by atoms with van der Waals surface area (Å²) in [5.74, 6) is -1.24. The lowest BCUT2D eigenvalue weighted by Crippen LogP contribution is -2.44. The molecule has 0 aliphatic heterocycles. The Hall–Kier alpha value is -2.63. The van der Waals surface area contributed by atoms with E-state index in [1.165, 1.54) is 6.08 Å². The highest BCUT2D eigenvalue weighted by atomic mass is 16.2. The number of carbonyl (C=O) groups excluding carboxylic acids is 3. The van der Waals surface area contributed by atoms with Gasteiger partial charge in [0.1, 0.15) is 6.04 Å². The van der Waals surface area contributed by atoms with Gasteiger partial charge in [-0.1, -0.05) is 36.4 Å². The third kappa shape index (κ3) is 6.78. The van der Waals surface area contributed by atoms with E-state index in [1.54, 1.807) is 0 Å². The van der Waals surface area contributed by atoms with Crippen LogP contribution in [-0.2, 0) is 14.4 Å². The van der Waals surface area contributed by atoms with Gasteiger partial charge in [-0.05, 0) is 18.9 Å². The maximum absolute atomic E-state index is 11.9. The molecule has 23 heavy (non-hydrogen) atoms. The molecule has 3 amide bonds. The van der Waals surface area contributed by atoms with Crippen LogP contribution in [-0.4, -0.2) is 23.8 Å². The first-order valence-corrected chi connectivity index (χ1v) is 7.48. The summed E-state index contributed by atoms with van der Waals surface area (Å²) in [6.45, 7) is 5.38. The molecule has 2 atom stereocenters. The van der Waals surface area contributed by atoms with E-state index >= 15 is 0 Å². The molecule has 0 saturated carbocycles. The average molecular weight is 317 g/mol. The van der Waals surface area contributed by atoms with Crippen LogP contribution < -0.4 is 16.4 Å². The Bertz CT molecular complexity index is 557. The molecule has 6 heteroatoms. The van der Waals surface area contributed by atoms with Crippen molar-refractivity contribution in [1.29, 1.82) is 0 Å². The molecule has 0 aliphatic rings. The van der Waals surface area contributed by atoms with Gasteiger partial charge in [0.15, 0.2) is 0 Å². The normalized spacial score (nSPS) is 12.7. The van der Waals surface area contributed by atoms with Crippen molar-refractivity contribution in [2.24, 2.45) is 5.73 Å². The van der Waals surface area contributed by atoms with E-state index in [2.05, 4.69) is 17.2 Å². The monoisotopic (exact) mass is 317 g/mol. The fourth-order valence-electron chi connectivity index (χ4n) is 2.05. The summed E-state index contributed by atoms with van der Waals surface area (Å²) >= 11 is 0. The molecular weight excluding hydrogens is 294 g/mol. The van der Waals surface area contributed by atoms with Gasteiger partial charge in [0.2, 0.25) is 17.7 Å². The maximum atomic E-state index is 11.9. The lowest BCUT2D eigenvalue weighted by atomic mass is 10.1. The molecule has 1 aromatic rings. The number of hydrogen-bond acceptors (Lipinski definition) is 3. The number of primary amides is 1. The van der Waals surface area contributed by atoms with Crippen molar-refractivity contribution in [3.63, 3.8) is 0 Å². The predicted octanol–water partition coefficient (Wildman–Crippen LogP) is 1.19. The smallest absolute Gasteiger partial charge is 0.240 e. The maximum Gasteiger partial charge on any atom is 0.240 e. The van der Waals surface area contributed by atoms with Crippen molar-refractivity contribution in [2.75, 3.05) is 0 Å². The Morgan fingerprint density at radius 2 is 1.70 bits per heavy atom. The van der Waals surface area contributed by atoms with Crippen molar-refractivity contribution in [2.45, 2.75) is 38.3 Å². The summed E-state index contributed by atoms with van der Waals surface area (Å²) in [6, 6.07) is 8.62. The van der Waals surface area contributed by atoms with Crippen molar-refractivity contribution >= 4 is 17.7 Å². The van der Waals surface area contributed by atoms with Gasteiger partial charge in [0, 0.05) is 12.8 Å². The third-order valence-corrected chi connectivity index (χ3v) is 3.34. The average Bonchev–Trinajstić information content (AvgIpc) is 2.53. The zero-order valence-electron chi connectivity index (χ0n) is 13.2. The van der Waals surface area contributed by atoms with Crippen molar-refractivity contribution in [3.05, 3.63) is 48.6 Å². The molecule has 1 aromatic carbocycles. The van der Waals surface area contributed by atoms with Crippen LogP contribution in [0.2, 0.25) is 0 Å². The highest BCUT2D eigenvalue weighted by Crippen LogP contribution is 2.11. The molecule has 0 spiro atoms. The predicted molar refractivity (Wildman–Crippen MR) is 88.2 cm³/mol. The molecule has 0 heterocycles. The fourth-order valence-corrected chi connectivity index (χ4v) is 2.05. The van der Waals surface area contributed by atoms with Crippen LogP contribution >= 0.6 is 0 Å². The topological polar surface area (TPSA) is 101 Å². The summed E-state index contributed by atoms with van der Waals surface area (Å²) in [5, 5.41) is 5.32.